The fourth-order valence-corrected chi connectivity index (χ4v) is 7.61. The van der Waals surface area contributed by atoms with Crippen LogP contribution in [0.4, 0.5) is 0 Å². The third kappa shape index (κ3) is 43.9. The summed E-state index contributed by atoms with van der Waals surface area (Å²) >= 11 is 0. The molecule has 15 nitrogen and oxygen atoms in total. The highest BCUT2D eigenvalue weighted by Gasteiger charge is 2.42. The Morgan fingerprint density at radius 1 is 0.520 bits per heavy atom. The first-order valence-electron chi connectivity index (χ1n) is 28.0. The molecule has 8 N–H and O–H groups in total. The van der Waals surface area contributed by atoms with Gasteiger partial charge in [0, 0.05) is 117 Å². The lowest BCUT2D eigenvalue weighted by Crippen LogP contribution is -2.50. The molecule has 2 aliphatic heterocycles. The molecule has 0 radical (unpaired) electrons. The van der Waals surface area contributed by atoms with E-state index >= 15 is 0 Å². The zero-order valence-electron chi connectivity index (χ0n) is 54.9. The molecule has 0 saturated carbocycles. The normalized spacial score (nSPS) is 15.6. The number of carbonyl (C=O) groups is 2. The Bertz CT molecular complexity index is 1670. The topological polar surface area (TPSA) is 210 Å². The van der Waals surface area contributed by atoms with Gasteiger partial charge in [0.15, 0.2) is 0 Å². The molecule has 0 aromatic rings. The van der Waals surface area contributed by atoms with Gasteiger partial charge in [0.05, 0.1) is 30.4 Å². The van der Waals surface area contributed by atoms with E-state index < -0.39 is 0 Å². The Morgan fingerprint density at radius 3 is 1.33 bits per heavy atom. The van der Waals surface area contributed by atoms with Crippen LogP contribution in [0, 0.1) is 33.0 Å². The second kappa shape index (κ2) is 32.4. The summed E-state index contributed by atoms with van der Waals surface area (Å²) in [6.07, 6.45) is 1.67. The minimum Gasteiger partial charge on any atom is -0.870 e. The summed E-state index contributed by atoms with van der Waals surface area (Å²) in [5, 5.41) is 19.7. The SMILES string of the molecule is CC(C)(C)CC(=O)NC(C)(C)C.CC(C)(C)CC1=NCCN1CCNC(C)(C)C.CC(C)(C)N=C(C(C1=NCCN1CCNC(C)(C)C)C(C)(C)C)C(C)(C)C.CC(C)(C)NCCNCCNC(=O)C(C)(C)C.[OH-].[OH-]. The van der Waals surface area contributed by atoms with Crippen LogP contribution < -0.4 is 31.9 Å². The number of carbonyl (C=O) groups excluding carboxylic acids is 2. The Labute approximate surface area is 464 Å². The van der Waals surface area contributed by atoms with Gasteiger partial charge in [0.2, 0.25) is 11.8 Å². The molecule has 1 unspecified atom stereocenters. The van der Waals surface area contributed by atoms with Crippen LogP contribution in [0.25, 0.3) is 0 Å². The molecule has 75 heavy (non-hydrogen) atoms. The lowest BCUT2D eigenvalue weighted by Gasteiger charge is -2.41. The minimum absolute atomic E-state index is 0. The van der Waals surface area contributed by atoms with Crippen molar-refractivity contribution in [2.24, 2.45) is 48.0 Å². The number of hydrogen-bond donors (Lipinski definition) is 6. The van der Waals surface area contributed by atoms with Crippen LogP contribution in [0.5, 0.6) is 0 Å². The molecule has 2 aliphatic rings. The molecule has 448 valence electrons. The largest absolute Gasteiger partial charge is 0.870 e. The third-order valence-corrected chi connectivity index (χ3v) is 10.8. The van der Waals surface area contributed by atoms with Gasteiger partial charge in [-0.2, -0.15) is 0 Å². The fourth-order valence-electron chi connectivity index (χ4n) is 7.61. The van der Waals surface area contributed by atoms with Gasteiger partial charge in [-0.25, -0.2) is 0 Å². The van der Waals surface area contributed by atoms with E-state index in [-0.39, 0.29) is 78.0 Å². The van der Waals surface area contributed by atoms with E-state index in [4.69, 9.17) is 9.98 Å². The van der Waals surface area contributed by atoms with Crippen LogP contribution in [0.1, 0.15) is 221 Å². The van der Waals surface area contributed by atoms with E-state index in [1.807, 2.05) is 41.5 Å². The summed E-state index contributed by atoms with van der Waals surface area (Å²) in [7, 11) is 0. The molecular formula is C60H127N11O4-2. The van der Waals surface area contributed by atoms with E-state index in [1.165, 1.54) is 17.4 Å². The van der Waals surface area contributed by atoms with Crippen LogP contribution in [0.3, 0.4) is 0 Å². The smallest absolute Gasteiger partial charge is 0.225 e. The fraction of sp³-hybridized carbons (Fsp3) is 0.917. The number of nitrogens with zero attached hydrogens (tertiary/aromatic N) is 5. The maximum atomic E-state index is 11.5. The highest BCUT2D eigenvalue weighted by Crippen LogP contribution is 2.38. The zero-order valence-corrected chi connectivity index (χ0v) is 54.9. The van der Waals surface area contributed by atoms with Gasteiger partial charge >= 0.3 is 0 Å². The van der Waals surface area contributed by atoms with Crippen molar-refractivity contribution in [3.63, 3.8) is 0 Å². The first kappa shape index (κ1) is 78.8. The summed E-state index contributed by atoms with van der Waals surface area (Å²) in [6, 6.07) is 0. The first-order chi connectivity index (χ1) is 32.3. The molecule has 0 bridgehead atoms. The average Bonchev–Trinajstić information content (AvgIpc) is 3.75. The van der Waals surface area contributed by atoms with Crippen molar-refractivity contribution in [3.8, 4) is 0 Å². The Hall–Kier alpha value is -2.69. The van der Waals surface area contributed by atoms with Crippen LogP contribution in [-0.2, 0) is 9.59 Å². The zero-order chi connectivity index (χ0) is 57.9. The van der Waals surface area contributed by atoms with Crippen LogP contribution in [-0.4, -0.2) is 156 Å². The maximum absolute atomic E-state index is 11.5. The third-order valence-electron chi connectivity index (χ3n) is 10.8. The van der Waals surface area contributed by atoms with Gasteiger partial charge in [0.1, 0.15) is 5.84 Å². The maximum Gasteiger partial charge on any atom is 0.225 e. The van der Waals surface area contributed by atoms with Crippen molar-refractivity contribution in [1.82, 2.24) is 41.7 Å². The molecule has 0 aromatic carbocycles. The van der Waals surface area contributed by atoms with E-state index in [0.717, 1.165) is 78.4 Å². The number of amidine groups is 2. The Morgan fingerprint density at radius 2 is 0.947 bits per heavy atom. The molecule has 0 fully saturated rings. The number of amides is 2. The van der Waals surface area contributed by atoms with Crippen LogP contribution >= 0.6 is 0 Å². The second-order valence-electron chi connectivity index (χ2n) is 31.3. The Balaban J connectivity index is -0.000000464. The average molecular weight is 1070 g/mol. The van der Waals surface area contributed by atoms with Gasteiger partial charge in [-0.05, 0) is 120 Å². The van der Waals surface area contributed by atoms with Crippen LogP contribution in [0.2, 0.25) is 0 Å². The molecule has 0 saturated heterocycles. The van der Waals surface area contributed by atoms with Gasteiger partial charge < -0.3 is 52.7 Å². The van der Waals surface area contributed by atoms with Crippen molar-refractivity contribution in [3.05, 3.63) is 0 Å². The van der Waals surface area contributed by atoms with Crippen molar-refractivity contribution >= 4 is 29.2 Å². The highest BCUT2D eigenvalue weighted by molar-refractivity contribution is 6.10. The minimum atomic E-state index is -0.298. The molecule has 2 heterocycles. The monoisotopic (exact) mass is 1070 g/mol. The Kier molecular flexibility index (Phi) is 34.0. The van der Waals surface area contributed by atoms with Crippen LogP contribution in [0.15, 0.2) is 15.0 Å². The molecule has 1 atom stereocenters. The van der Waals surface area contributed by atoms with Gasteiger partial charge in [0.25, 0.3) is 0 Å². The molecule has 2 amide bonds. The quantitative estimate of drug-likeness (QED) is 0.0636. The van der Waals surface area contributed by atoms with E-state index in [0.29, 0.717) is 18.4 Å². The van der Waals surface area contributed by atoms with Crippen molar-refractivity contribution in [1.29, 1.82) is 0 Å². The summed E-state index contributed by atoms with van der Waals surface area (Å²) in [5.41, 5.74) is 1.78. The van der Waals surface area contributed by atoms with E-state index in [2.05, 4.69) is 213 Å². The number of nitrogens with one attached hydrogen (secondary N) is 6. The molecule has 0 aromatic heterocycles. The second-order valence-corrected chi connectivity index (χ2v) is 31.3. The molecular weight excluding hydrogens is 939 g/mol. The molecule has 2 rings (SSSR count). The molecule has 0 spiro atoms. The van der Waals surface area contributed by atoms with Crippen molar-refractivity contribution in [2.75, 3.05) is 78.5 Å². The van der Waals surface area contributed by atoms with Crippen molar-refractivity contribution in [2.45, 2.75) is 248 Å². The number of hydrogen-bond acceptors (Lipinski definition) is 13. The predicted molar refractivity (Wildman–Crippen MR) is 326 cm³/mol. The number of aliphatic imine (C=N–C) groups is 3. The standard InChI is InChI=1S/C23H46N4.C14H29N3.C13H29N3O.C10H21NO.2H2O/c1-20(2,3)17(18(21(4,5)6)26-23(10,11)12)19-24-13-15-27(19)16-14-25-22(7,8)9;1-13(2,3)11-12-15-7-9-17(12)10-8-16-14(4,5)6;1-12(2,3)11(17)15-9-7-14-8-10-16-13(4,5)6;1-9(2,3)7-8(12)11-10(4,5)6;;/h17,25H,13-16H2,1-12H3;16H,7-11H2,1-6H3;14,16H,7-10H2,1-6H3,(H,15,17);7H2,1-6H3,(H,11,12);2*1H2/p-2. The van der Waals surface area contributed by atoms with Gasteiger partial charge in [-0.3, -0.25) is 24.6 Å². The summed E-state index contributed by atoms with van der Waals surface area (Å²) in [5.74, 6) is 3.00. The van der Waals surface area contributed by atoms with E-state index in [9.17, 15) is 9.59 Å². The first-order valence-corrected chi connectivity index (χ1v) is 28.0. The lowest BCUT2D eigenvalue weighted by atomic mass is 9.69. The van der Waals surface area contributed by atoms with Crippen molar-refractivity contribution < 1.29 is 20.5 Å². The van der Waals surface area contributed by atoms with E-state index in [1.54, 1.807) is 0 Å². The lowest BCUT2D eigenvalue weighted by molar-refractivity contribution is -0.128. The number of rotatable bonds is 16. The predicted octanol–water partition coefficient (Wildman–Crippen LogP) is 10.7. The summed E-state index contributed by atoms with van der Waals surface area (Å²) < 4.78 is 0. The van der Waals surface area contributed by atoms with Gasteiger partial charge in [-0.1, -0.05) is 104 Å². The summed E-state index contributed by atoms with van der Waals surface area (Å²) in [4.78, 5) is 42.7. The van der Waals surface area contributed by atoms with Gasteiger partial charge in [-0.15, -0.1) is 0 Å². The highest BCUT2D eigenvalue weighted by atomic mass is 16.2. The molecule has 15 heteroatoms. The molecule has 0 aliphatic carbocycles. The summed E-state index contributed by atoms with van der Waals surface area (Å²) in [6.45, 7) is 76.3.